The number of anilines is 1. The fourth-order valence-electron chi connectivity index (χ4n) is 2.81. The number of carbonyl (C=O) groups is 1. The summed E-state index contributed by atoms with van der Waals surface area (Å²) in [7, 11) is 1.56. The molecular weight excluding hydrogens is 402 g/mol. The number of nitrogens with zero attached hydrogens (tertiary/aromatic N) is 4. The molecule has 0 saturated heterocycles. The number of fused-ring (bicyclic) bond motifs is 1. The lowest BCUT2D eigenvalue weighted by Gasteiger charge is -2.13. The zero-order chi connectivity index (χ0) is 21.1. The summed E-state index contributed by atoms with van der Waals surface area (Å²) in [4.78, 5) is 13.5. The van der Waals surface area contributed by atoms with Crippen LogP contribution in [0.3, 0.4) is 0 Å². The van der Waals surface area contributed by atoms with E-state index in [1.807, 2.05) is 19.1 Å². The molecule has 0 spiro atoms. The van der Waals surface area contributed by atoms with Crippen LogP contribution in [0.5, 0.6) is 11.5 Å². The van der Waals surface area contributed by atoms with Crippen molar-refractivity contribution in [3.63, 3.8) is 0 Å². The van der Waals surface area contributed by atoms with E-state index in [-0.39, 0.29) is 12.0 Å². The van der Waals surface area contributed by atoms with Crippen molar-refractivity contribution in [2.75, 3.05) is 12.4 Å². The molecule has 0 aliphatic carbocycles. The van der Waals surface area contributed by atoms with Crippen LogP contribution in [0, 0.1) is 0 Å². The van der Waals surface area contributed by atoms with Gasteiger partial charge < -0.3 is 14.8 Å². The Bertz CT molecular complexity index is 1140. The lowest BCUT2D eigenvalue weighted by atomic mass is 10.1. The maximum absolute atomic E-state index is 12.8. The quantitative estimate of drug-likeness (QED) is 0.477. The van der Waals surface area contributed by atoms with Crippen molar-refractivity contribution in [1.29, 1.82) is 0 Å². The number of rotatable bonds is 7. The third kappa shape index (κ3) is 4.11. The number of amides is 1. The Labute approximate surface area is 177 Å². The lowest BCUT2D eigenvalue weighted by molar-refractivity contribution is 0.102. The monoisotopic (exact) mass is 423 g/mol. The van der Waals surface area contributed by atoms with E-state index in [1.54, 1.807) is 48.3 Å². The van der Waals surface area contributed by atoms with Crippen molar-refractivity contribution in [2.45, 2.75) is 26.4 Å². The molecule has 2 aromatic heterocycles. The predicted octanol–water partition coefficient (Wildman–Crippen LogP) is 4.29. The van der Waals surface area contributed by atoms with Crippen LogP contribution >= 0.6 is 11.3 Å². The van der Waals surface area contributed by atoms with Crippen molar-refractivity contribution in [1.82, 2.24) is 19.8 Å². The maximum atomic E-state index is 12.8. The summed E-state index contributed by atoms with van der Waals surface area (Å²) in [5.41, 5.74) is 1.93. The predicted molar refractivity (Wildman–Crippen MR) is 115 cm³/mol. The summed E-state index contributed by atoms with van der Waals surface area (Å²) in [5, 5.41) is 16.0. The topological polar surface area (TPSA) is 90.6 Å². The summed E-state index contributed by atoms with van der Waals surface area (Å²) in [5.74, 6) is 1.06. The van der Waals surface area contributed by atoms with E-state index < -0.39 is 0 Å². The largest absolute Gasteiger partial charge is 0.495 e. The molecule has 1 N–H and O–H groups in total. The molecule has 0 fully saturated rings. The summed E-state index contributed by atoms with van der Waals surface area (Å²) in [6, 6.07) is 12.6. The van der Waals surface area contributed by atoms with Gasteiger partial charge in [-0.15, -0.1) is 10.2 Å². The number of nitrogens with one attached hydrogen (secondary N) is 1. The van der Waals surface area contributed by atoms with Gasteiger partial charge in [-0.25, -0.2) is 0 Å². The standard InChI is InChI=1S/C21H21N5O3S/c1-4-13(2)29-16-8-5-14(6-9-16)19(27)23-17-11-15(7-10-18(17)28-3)20-25-26-12-22-24-21(26)30-20/h5-13H,4H2,1-3H3,(H,23,27)/t13-/m0/s1. The minimum Gasteiger partial charge on any atom is -0.495 e. The van der Waals surface area contributed by atoms with Gasteiger partial charge in [-0.3, -0.25) is 4.79 Å². The molecule has 154 valence electrons. The van der Waals surface area contributed by atoms with E-state index in [0.29, 0.717) is 22.0 Å². The Kier molecular flexibility index (Phi) is 5.62. The van der Waals surface area contributed by atoms with Crippen molar-refractivity contribution >= 4 is 27.9 Å². The smallest absolute Gasteiger partial charge is 0.255 e. The number of benzene rings is 2. The average Bonchev–Trinajstić information content (AvgIpc) is 3.36. The fraction of sp³-hybridized carbons (Fsp3) is 0.238. The molecule has 0 radical (unpaired) electrons. The molecule has 0 saturated carbocycles. The minimum absolute atomic E-state index is 0.126. The van der Waals surface area contributed by atoms with Gasteiger partial charge >= 0.3 is 0 Å². The van der Waals surface area contributed by atoms with Gasteiger partial charge in [0.05, 0.1) is 18.9 Å². The summed E-state index contributed by atoms with van der Waals surface area (Å²) >= 11 is 1.41. The van der Waals surface area contributed by atoms with Crippen LogP contribution in [-0.4, -0.2) is 38.9 Å². The van der Waals surface area contributed by atoms with E-state index in [2.05, 4.69) is 27.5 Å². The Morgan fingerprint density at radius 3 is 2.73 bits per heavy atom. The molecule has 0 aliphatic heterocycles. The molecule has 2 aromatic carbocycles. The zero-order valence-electron chi connectivity index (χ0n) is 16.8. The molecule has 0 aliphatic rings. The summed E-state index contributed by atoms with van der Waals surface area (Å²) in [6.45, 7) is 4.07. The number of methoxy groups -OCH3 is 1. The summed E-state index contributed by atoms with van der Waals surface area (Å²) < 4.78 is 12.8. The molecule has 0 bridgehead atoms. The zero-order valence-corrected chi connectivity index (χ0v) is 17.6. The van der Waals surface area contributed by atoms with Crippen molar-refractivity contribution in [2.24, 2.45) is 0 Å². The van der Waals surface area contributed by atoms with E-state index in [1.165, 1.54) is 11.3 Å². The third-order valence-electron chi connectivity index (χ3n) is 4.61. The van der Waals surface area contributed by atoms with E-state index in [4.69, 9.17) is 9.47 Å². The Morgan fingerprint density at radius 2 is 2.03 bits per heavy atom. The molecule has 4 rings (SSSR count). The van der Waals surface area contributed by atoms with Gasteiger partial charge in [-0.2, -0.15) is 9.61 Å². The fourth-order valence-corrected chi connectivity index (χ4v) is 3.63. The van der Waals surface area contributed by atoms with Crippen LogP contribution in [0.25, 0.3) is 15.5 Å². The number of hydrogen-bond donors (Lipinski definition) is 1. The first-order chi connectivity index (χ1) is 14.6. The molecular formula is C21H21N5O3S. The molecule has 4 aromatic rings. The van der Waals surface area contributed by atoms with Gasteiger partial charge in [0.15, 0.2) is 0 Å². The van der Waals surface area contributed by atoms with Crippen LogP contribution in [0.2, 0.25) is 0 Å². The molecule has 9 heteroatoms. The van der Waals surface area contributed by atoms with Crippen molar-refractivity contribution in [3.8, 4) is 22.1 Å². The van der Waals surface area contributed by atoms with Gasteiger partial charge in [0.1, 0.15) is 22.8 Å². The number of aromatic nitrogens is 4. The third-order valence-corrected chi connectivity index (χ3v) is 5.57. The molecule has 30 heavy (non-hydrogen) atoms. The van der Waals surface area contributed by atoms with E-state index >= 15 is 0 Å². The Morgan fingerprint density at radius 1 is 1.23 bits per heavy atom. The highest BCUT2D eigenvalue weighted by Crippen LogP contribution is 2.33. The van der Waals surface area contributed by atoms with E-state index in [0.717, 1.165) is 22.7 Å². The molecule has 0 unspecified atom stereocenters. The highest BCUT2D eigenvalue weighted by Gasteiger charge is 2.14. The van der Waals surface area contributed by atoms with Gasteiger partial charge in [-0.05, 0) is 55.8 Å². The second-order valence-electron chi connectivity index (χ2n) is 6.70. The molecule has 1 amide bonds. The molecule has 2 heterocycles. The Hall–Kier alpha value is -3.46. The van der Waals surface area contributed by atoms with Gasteiger partial charge in [0, 0.05) is 11.1 Å². The molecule has 1 atom stereocenters. The summed E-state index contributed by atoms with van der Waals surface area (Å²) in [6.07, 6.45) is 2.59. The minimum atomic E-state index is -0.237. The first-order valence-electron chi connectivity index (χ1n) is 9.50. The van der Waals surface area contributed by atoms with Crippen LogP contribution in [0.15, 0.2) is 48.8 Å². The number of carbonyl (C=O) groups excluding carboxylic acids is 1. The van der Waals surface area contributed by atoms with Gasteiger partial charge in [0.25, 0.3) is 5.91 Å². The number of ether oxygens (including phenoxy) is 2. The Balaban J connectivity index is 1.55. The van der Waals surface area contributed by atoms with E-state index in [9.17, 15) is 4.79 Å². The van der Waals surface area contributed by atoms with Gasteiger partial charge in [0.2, 0.25) is 4.96 Å². The average molecular weight is 423 g/mol. The maximum Gasteiger partial charge on any atom is 0.255 e. The molecule has 8 nitrogen and oxygen atoms in total. The highest BCUT2D eigenvalue weighted by molar-refractivity contribution is 7.19. The normalized spacial score (nSPS) is 12.0. The van der Waals surface area contributed by atoms with Crippen LogP contribution < -0.4 is 14.8 Å². The second kappa shape index (κ2) is 8.50. The SMILES string of the molecule is CC[C@H](C)Oc1ccc(C(=O)Nc2cc(-c3nn4cnnc4s3)ccc2OC)cc1. The highest BCUT2D eigenvalue weighted by atomic mass is 32.1. The van der Waals surface area contributed by atoms with Crippen LogP contribution in [0.4, 0.5) is 5.69 Å². The number of hydrogen-bond acceptors (Lipinski definition) is 7. The first kappa shape index (κ1) is 19.8. The lowest BCUT2D eigenvalue weighted by Crippen LogP contribution is -2.13. The van der Waals surface area contributed by atoms with Gasteiger partial charge in [-0.1, -0.05) is 18.3 Å². The first-order valence-corrected chi connectivity index (χ1v) is 10.3. The van der Waals surface area contributed by atoms with Crippen LogP contribution in [0.1, 0.15) is 30.6 Å². The van der Waals surface area contributed by atoms with Crippen molar-refractivity contribution < 1.29 is 14.3 Å². The van der Waals surface area contributed by atoms with Crippen molar-refractivity contribution in [3.05, 3.63) is 54.4 Å². The van der Waals surface area contributed by atoms with Crippen LogP contribution in [-0.2, 0) is 0 Å². The second-order valence-corrected chi connectivity index (χ2v) is 7.65.